The van der Waals surface area contributed by atoms with Crippen LogP contribution in [-0.4, -0.2) is 5.91 Å². The van der Waals surface area contributed by atoms with Gasteiger partial charge in [-0.25, -0.2) is 13.2 Å². The highest BCUT2D eigenvalue weighted by molar-refractivity contribution is 5.95. The molecule has 3 nitrogen and oxygen atoms in total. The summed E-state index contributed by atoms with van der Waals surface area (Å²) in [7, 11) is 0. The monoisotopic (exact) mass is 457 g/mol. The van der Waals surface area contributed by atoms with Gasteiger partial charge in [-0.2, -0.15) is 8.78 Å². The Balaban J connectivity index is 1.58. The Kier molecular flexibility index (Phi) is 6.00. The van der Waals surface area contributed by atoms with Gasteiger partial charge in [0.2, 0.25) is 34.8 Å². The molecule has 0 unspecified atom stereocenters. The standard InChI is InChI=1S/C25H16F5NO2/c1-13(17-11-5-7-14-6-2-3-10-18(14)17)31-25(32)15-8-4-9-16(12-15)33-24-22(29)20(27)19(26)21(28)23(24)30/h2-13H,1H3,(H,31,32)/t13-/m1/s1. The highest BCUT2D eigenvalue weighted by Crippen LogP contribution is 2.33. The van der Waals surface area contributed by atoms with E-state index in [9.17, 15) is 26.7 Å². The molecule has 0 aromatic heterocycles. The molecule has 4 aromatic carbocycles. The van der Waals surface area contributed by atoms with Crippen LogP contribution in [0.1, 0.15) is 28.9 Å². The van der Waals surface area contributed by atoms with E-state index in [0.717, 1.165) is 22.4 Å². The highest BCUT2D eigenvalue weighted by Gasteiger charge is 2.27. The number of benzene rings is 4. The molecule has 0 bridgehead atoms. The second-order valence-corrected chi connectivity index (χ2v) is 7.29. The van der Waals surface area contributed by atoms with E-state index in [0.29, 0.717) is 0 Å². The van der Waals surface area contributed by atoms with Gasteiger partial charge in [-0.1, -0.05) is 48.5 Å². The van der Waals surface area contributed by atoms with Crippen LogP contribution in [0.25, 0.3) is 10.8 Å². The van der Waals surface area contributed by atoms with Crippen molar-refractivity contribution in [1.82, 2.24) is 5.32 Å². The summed E-state index contributed by atoms with van der Waals surface area (Å²) in [6, 6.07) is 18.2. The van der Waals surface area contributed by atoms with Crippen molar-refractivity contribution in [1.29, 1.82) is 0 Å². The molecule has 4 rings (SSSR count). The van der Waals surface area contributed by atoms with Crippen molar-refractivity contribution < 1.29 is 31.5 Å². The Morgan fingerprint density at radius 1 is 0.788 bits per heavy atom. The van der Waals surface area contributed by atoms with Crippen LogP contribution in [0.2, 0.25) is 0 Å². The van der Waals surface area contributed by atoms with Gasteiger partial charge in [0.05, 0.1) is 6.04 Å². The molecule has 168 valence electrons. The van der Waals surface area contributed by atoms with E-state index in [-0.39, 0.29) is 17.4 Å². The molecule has 0 aliphatic carbocycles. The summed E-state index contributed by atoms with van der Waals surface area (Å²) in [5.41, 5.74) is 0.957. The fourth-order valence-corrected chi connectivity index (χ4v) is 3.48. The summed E-state index contributed by atoms with van der Waals surface area (Å²) in [5.74, 6) is -13.0. The zero-order valence-electron chi connectivity index (χ0n) is 17.1. The zero-order valence-corrected chi connectivity index (χ0v) is 17.1. The van der Waals surface area contributed by atoms with Crippen molar-refractivity contribution in [2.24, 2.45) is 0 Å². The zero-order chi connectivity index (χ0) is 23.7. The van der Waals surface area contributed by atoms with Crippen LogP contribution < -0.4 is 10.1 Å². The first kappa shape index (κ1) is 22.3. The van der Waals surface area contributed by atoms with Crippen LogP contribution in [0.3, 0.4) is 0 Å². The minimum Gasteiger partial charge on any atom is -0.451 e. The average Bonchev–Trinajstić information content (AvgIpc) is 2.84. The number of rotatable bonds is 5. The van der Waals surface area contributed by atoms with Gasteiger partial charge in [0, 0.05) is 5.56 Å². The first-order chi connectivity index (χ1) is 15.8. The Bertz CT molecular complexity index is 1340. The molecule has 0 saturated carbocycles. The third-order valence-electron chi connectivity index (χ3n) is 5.12. The maximum Gasteiger partial charge on any atom is 0.251 e. The van der Waals surface area contributed by atoms with E-state index >= 15 is 0 Å². The third-order valence-corrected chi connectivity index (χ3v) is 5.12. The lowest BCUT2D eigenvalue weighted by Gasteiger charge is -2.17. The number of hydrogen-bond donors (Lipinski definition) is 1. The van der Waals surface area contributed by atoms with E-state index in [1.54, 1.807) is 6.92 Å². The number of hydrogen-bond acceptors (Lipinski definition) is 2. The second-order valence-electron chi connectivity index (χ2n) is 7.29. The number of amides is 1. The largest absolute Gasteiger partial charge is 0.451 e. The van der Waals surface area contributed by atoms with Crippen LogP contribution in [0.5, 0.6) is 11.5 Å². The van der Waals surface area contributed by atoms with Crippen molar-refractivity contribution in [2.75, 3.05) is 0 Å². The molecule has 0 fully saturated rings. The molecular formula is C25H16F5NO2. The minimum absolute atomic E-state index is 0.0726. The summed E-state index contributed by atoms with van der Waals surface area (Å²) in [6.45, 7) is 1.80. The fraction of sp³-hybridized carbons (Fsp3) is 0.0800. The highest BCUT2D eigenvalue weighted by atomic mass is 19.2. The Labute approximate surface area is 185 Å². The predicted octanol–water partition coefficient (Wildman–Crippen LogP) is 6.82. The fourth-order valence-electron chi connectivity index (χ4n) is 3.48. The van der Waals surface area contributed by atoms with Gasteiger partial charge >= 0.3 is 0 Å². The number of nitrogens with one attached hydrogen (secondary N) is 1. The van der Waals surface area contributed by atoms with E-state index in [4.69, 9.17) is 4.74 Å². The van der Waals surface area contributed by atoms with Crippen molar-refractivity contribution in [3.8, 4) is 11.5 Å². The van der Waals surface area contributed by atoms with E-state index in [1.165, 1.54) is 18.2 Å². The van der Waals surface area contributed by atoms with Gasteiger partial charge in [-0.15, -0.1) is 0 Å². The maximum atomic E-state index is 13.9. The number of fused-ring (bicyclic) bond motifs is 1. The molecule has 0 saturated heterocycles. The summed E-state index contributed by atoms with van der Waals surface area (Å²) in [6.07, 6.45) is 0. The van der Waals surface area contributed by atoms with Gasteiger partial charge in [0.15, 0.2) is 0 Å². The molecule has 33 heavy (non-hydrogen) atoms. The van der Waals surface area contributed by atoms with Crippen molar-refractivity contribution >= 4 is 16.7 Å². The Morgan fingerprint density at radius 2 is 1.39 bits per heavy atom. The van der Waals surface area contributed by atoms with Crippen molar-refractivity contribution in [2.45, 2.75) is 13.0 Å². The van der Waals surface area contributed by atoms with Gasteiger partial charge in [0.25, 0.3) is 5.91 Å². The van der Waals surface area contributed by atoms with Gasteiger partial charge in [-0.3, -0.25) is 4.79 Å². The molecule has 8 heteroatoms. The summed E-state index contributed by atoms with van der Waals surface area (Å²) < 4.78 is 72.8. The quantitative estimate of drug-likeness (QED) is 0.203. The van der Waals surface area contributed by atoms with Gasteiger partial charge < -0.3 is 10.1 Å². The Hall–Kier alpha value is -3.94. The van der Waals surface area contributed by atoms with E-state index < -0.39 is 40.7 Å². The average molecular weight is 457 g/mol. The van der Waals surface area contributed by atoms with Crippen LogP contribution >= 0.6 is 0 Å². The lowest BCUT2D eigenvalue weighted by molar-refractivity contribution is 0.0940. The number of ether oxygens (including phenoxy) is 1. The lowest BCUT2D eigenvalue weighted by Crippen LogP contribution is -2.26. The number of carbonyl (C=O) groups is 1. The molecule has 1 atom stereocenters. The van der Waals surface area contributed by atoms with E-state index in [1.807, 2.05) is 42.5 Å². The van der Waals surface area contributed by atoms with Crippen LogP contribution in [-0.2, 0) is 0 Å². The molecular weight excluding hydrogens is 441 g/mol. The van der Waals surface area contributed by atoms with Crippen molar-refractivity contribution in [3.63, 3.8) is 0 Å². The molecule has 0 aliphatic rings. The SMILES string of the molecule is C[C@@H](NC(=O)c1cccc(Oc2c(F)c(F)c(F)c(F)c2F)c1)c1cccc2ccccc12. The predicted molar refractivity (Wildman–Crippen MR) is 113 cm³/mol. The van der Waals surface area contributed by atoms with E-state index in [2.05, 4.69) is 5.32 Å². The van der Waals surface area contributed by atoms with Gasteiger partial charge in [0.1, 0.15) is 5.75 Å². The topological polar surface area (TPSA) is 38.3 Å². The van der Waals surface area contributed by atoms with Crippen molar-refractivity contribution in [3.05, 3.63) is 107 Å². The first-order valence-corrected chi connectivity index (χ1v) is 9.85. The smallest absolute Gasteiger partial charge is 0.251 e. The molecule has 1 amide bonds. The summed E-state index contributed by atoms with van der Waals surface area (Å²) >= 11 is 0. The second kappa shape index (κ2) is 8.90. The molecule has 0 heterocycles. The molecule has 0 spiro atoms. The number of carbonyl (C=O) groups excluding carboxylic acids is 1. The lowest BCUT2D eigenvalue weighted by atomic mass is 9.99. The minimum atomic E-state index is -2.28. The normalized spacial score (nSPS) is 11.9. The molecule has 4 aromatic rings. The first-order valence-electron chi connectivity index (χ1n) is 9.85. The summed E-state index contributed by atoms with van der Waals surface area (Å²) in [4.78, 5) is 12.8. The van der Waals surface area contributed by atoms with Crippen LogP contribution in [0, 0.1) is 29.1 Å². The van der Waals surface area contributed by atoms with Gasteiger partial charge in [-0.05, 0) is 41.5 Å². The van der Waals surface area contributed by atoms with Crippen LogP contribution in [0.15, 0.2) is 66.7 Å². The maximum absolute atomic E-state index is 13.9. The summed E-state index contributed by atoms with van der Waals surface area (Å²) in [5, 5.41) is 4.81. The third kappa shape index (κ3) is 4.24. The van der Waals surface area contributed by atoms with Crippen LogP contribution in [0.4, 0.5) is 22.0 Å². The Morgan fingerprint density at radius 3 is 2.12 bits per heavy atom. The molecule has 1 N–H and O–H groups in total. The molecule has 0 radical (unpaired) electrons. The number of halogens is 5. The molecule has 0 aliphatic heterocycles.